The van der Waals surface area contributed by atoms with Crippen LogP contribution in [-0.2, 0) is 21.5 Å². The molecule has 0 bridgehead atoms. The number of nitrogens with one attached hydrogen (secondary N) is 1. The van der Waals surface area contributed by atoms with Crippen LogP contribution >= 0.6 is 0 Å². The molecule has 4 rings (SSSR count). The normalized spacial score (nSPS) is 29.1. The zero-order valence-corrected chi connectivity index (χ0v) is 17.0. The lowest BCUT2D eigenvalue weighted by Crippen LogP contribution is -2.30. The molecule has 1 aliphatic heterocycles. The Morgan fingerprint density at radius 1 is 1.26 bits per heavy atom. The van der Waals surface area contributed by atoms with Crippen molar-refractivity contribution in [1.29, 1.82) is 0 Å². The van der Waals surface area contributed by atoms with Gasteiger partial charge in [-0.05, 0) is 66.9 Å². The number of nitrogens with zero attached hydrogens (tertiary/aromatic N) is 2. The number of hydrogen-bond acceptors (Lipinski definition) is 3. The maximum absolute atomic E-state index is 11.9. The summed E-state index contributed by atoms with van der Waals surface area (Å²) in [5.74, 6) is 5.16. The van der Waals surface area contributed by atoms with Gasteiger partial charge in [0.15, 0.2) is 0 Å². The second-order valence-electron chi connectivity index (χ2n) is 8.37. The summed E-state index contributed by atoms with van der Waals surface area (Å²) in [4.78, 5) is 7.02. The number of rotatable bonds is 7. The molecule has 1 saturated carbocycles. The summed E-state index contributed by atoms with van der Waals surface area (Å²) >= 11 is 0. The SMILES string of the molecule is C=S(C)(=O)Nc1cccc(C2(C)C3CN(CCCc4ccccn4)CC32)c1. The quantitative estimate of drug-likeness (QED) is 0.747. The summed E-state index contributed by atoms with van der Waals surface area (Å²) in [5.41, 5.74) is 3.71. The second-order valence-corrected chi connectivity index (χ2v) is 10.6. The molecule has 1 aromatic carbocycles. The minimum atomic E-state index is -2.24. The highest BCUT2D eigenvalue weighted by Gasteiger charge is 2.65. The van der Waals surface area contributed by atoms with Gasteiger partial charge in [0, 0.05) is 52.0 Å². The average Bonchev–Trinajstić information content (AvgIpc) is 2.98. The minimum absolute atomic E-state index is 0.255. The van der Waals surface area contributed by atoms with E-state index >= 15 is 0 Å². The number of aromatic nitrogens is 1. The molecule has 4 nitrogen and oxygen atoms in total. The van der Waals surface area contributed by atoms with Crippen LogP contribution in [0.5, 0.6) is 0 Å². The third-order valence-electron chi connectivity index (χ3n) is 6.28. The van der Waals surface area contributed by atoms with Crippen molar-refractivity contribution < 1.29 is 4.21 Å². The molecule has 3 unspecified atom stereocenters. The van der Waals surface area contributed by atoms with Crippen LogP contribution in [0.15, 0.2) is 48.7 Å². The Hall–Kier alpha value is -1.85. The summed E-state index contributed by atoms with van der Waals surface area (Å²) in [6.45, 7) is 5.91. The van der Waals surface area contributed by atoms with Gasteiger partial charge in [-0.3, -0.25) is 4.98 Å². The van der Waals surface area contributed by atoms with E-state index in [0.29, 0.717) is 0 Å². The molecule has 1 N–H and O–H groups in total. The fraction of sp³-hybridized carbons (Fsp3) is 0.455. The van der Waals surface area contributed by atoms with E-state index in [0.717, 1.165) is 30.5 Å². The Labute approximate surface area is 163 Å². The first-order chi connectivity index (χ1) is 12.9. The Morgan fingerprint density at radius 2 is 2.04 bits per heavy atom. The van der Waals surface area contributed by atoms with Gasteiger partial charge < -0.3 is 9.62 Å². The molecule has 1 aliphatic carbocycles. The van der Waals surface area contributed by atoms with E-state index < -0.39 is 9.71 Å². The van der Waals surface area contributed by atoms with Gasteiger partial charge in [0.05, 0.1) is 0 Å². The van der Waals surface area contributed by atoms with E-state index in [1.54, 1.807) is 6.26 Å². The smallest absolute Gasteiger partial charge is 0.0459 e. The minimum Gasteiger partial charge on any atom is -0.313 e. The lowest BCUT2D eigenvalue weighted by molar-refractivity contribution is 0.274. The first-order valence-corrected chi connectivity index (χ1v) is 11.8. The molecule has 2 heterocycles. The predicted octanol–water partition coefficient (Wildman–Crippen LogP) is 3.21. The van der Waals surface area contributed by atoms with Crippen molar-refractivity contribution in [3.8, 4) is 0 Å². The predicted molar refractivity (Wildman–Crippen MR) is 115 cm³/mol. The van der Waals surface area contributed by atoms with Crippen molar-refractivity contribution in [2.24, 2.45) is 11.8 Å². The number of piperidine rings is 1. The van der Waals surface area contributed by atoms with Crippen molar-refractivity contribution in [1.82, 2.24) is 9.88 Å². The van der Waals surface area contributed by atoms with Gasteiger partial charge in [0.1, 0.15) is 0 Å². The number of hydrogen-bond donors (Lipinski definition) is 1. The summed E-state index contributed by atoms with van der Waals surface area (Å²) in [5, 5.41) is 0. The molecular weight excluding hydrogens is 354 g/mol. The molecule has 2 aliphatic rings. The van der Waals surface area contributed by atoms with Crippen molar-refractivity contribution in [2.75, 3.05) is 30.6 Å². The van der Waals surface area contributed by atoms with Gasteiger partial charge in [0.25, 0.3) is 0 Å². The molecule has 2 fully saturated rings. The highest BCUT2D eigenvalue weighted by atomic mass is 32.2. The number of likely N-dealkylation sites (tertiary alicyclic amines) is 1. The van der Waals surface area contributed by atoms with Gasteiger partial charge in [-0.15, -0.1) is 0 Å². The summed E-state index contributed by atoms with van der Waals surface area (Å²) < 4.78 is 15.0. The molecule has 0 amide bonds. The molecule has 0 radical (unpaired) electrons. The Bertz CT molecular complexity index is 898. The van der Waals surface area contributed by atoms with Crippen molar-refractivity contribution in [3.05, 3.63) is 59.9 Å². The van der Waals surface area contributed by atoms with Gasteiger partial charge in [0.2, 0.25) is 0 Å². The van der Waals surface area contributed by atoms with E-state index in [2.05, 4.69) is 57.7 Å². The van der Waals surface area contributed by atoms with Crippen LogP contribution in [0.3, 0.4) is 0 Å². The molecular formula is C22H29N3OS. The maximum atomic E-state index is 11.9. The molecule has 1 saturated heterocycles. The lowest BCUT2D eigenvalue weighted by Gasteiger charge is -2.25. The molecule has 5 heteroatoms. The van der Waals surface area contributed by atoms with Crippen LogP contribution in [-0.4, -0.2) is 45.9 Å². The molecule has 27 heavy (non-hydrogen) atoms. The standard InChI is InChI=1S/C22H29N3OS/c1-22(17-8-6-10-19(14-17)24-27(2,3)26)20-15-25(16-21(20)22)13-7-11-18-9-4-5-12-23-18/h4-6,8-10,12,14,20-21H,2,7,11,13,15-16H2,1,3H3,(H,24,26). The number of anilines is 1. The largest absolute Gasteiger partial charge is 0.313 e. The summed E-state index contributed by atoms with van der Waals surface area (Å²) in [7, 11) is -2.24. The van der Waals surface area contributed by atoms with Crippen LogP contribution in [0.1, 0.15) is 24.6 Å². The number of benzene rings is 1. The second kappa shape index (κ2) is 6.95. The third kappa shape index (κ3) is 3.90. The zero-order chi connectivity index (χ0) is 19.1. The molecule has 2 aromatic rings. The summed E-state index contributed by atoms with van der Waals surface area (Å²) in [6, 6.07) is 14.6. The van der Waals surface area contributed by atoms with Crippen molar-refractivity contribution in [2.45, 2.75) is 25.2 Å². The fourth-order valence-electron chi connectivity index (χ4n) is 4.77. The van der Waals surface area contributed by atoms with Crippen LogP contribution in [0, 0.1) is 11.8 Å². The topological polar surface area (TPSA) is 45.2 Å². The molecule has 144 valence electrons. The Kier molecular flexibility index (Phi) is 4.77. The monoisotopic (exact) mass is 383 g/mol. The Balaban J connectivity index is 1.33. The third-order valence-corrected chi connectivity index (χ3v) is 6.95. The number of pyridine rings is 1. The van der Waals surface area contributed by atoms with E-state index in [1.807, 2.05) is 18.3 Å². The summed E-state index contributed by atoms with van der Waals surface area (Å²) in [6.07, 6.45) is 5.73. The van der Waals surface area contributed by atoms with Crippen LogP contribution in [0.25, 0.3) is 0 Å². The zero-order valence-electron chi connectivity index (χ0n) is 16.2. The van der Waals surface area contributed by atoms with Gasteiger partial charge in [-0.25, -0.2) is 4.21 Å². The lowest BCUT2D eigenvalue weighted by atomic mass is 9.92. The molecule has 1 aromatic heterocycles. The van der Waals surface area contributed by atoms with Gasteiger partial charge >= 0.3 is 0 Å². The van der Waals surface area contributed by atoms with Crippen molar-refractivity contribution in [3.63, 3.8) is 0 Å². The van der Waals surface area contributed by atoms with E-state index in [9.17, 15) is 4.21 Å². The molecule has 3 atom stereocenters. The van der Waals surface area contributed by atoms with E-state index in [-0.39, 0.29) is 5.41 Å². The average molecular weight is 384 g/mol. The highest BCUT2D eigenvalue weighted by molar-refractivity contribution is 8.00. The Morgan fingerprint density at radius 3 is 2.70 bits per heavy atom. The number of fused-ring (bicyclic) bond motifs is 1. The fourth-order valence-corrected chi connectivity index (χ4v) is 5.40. The van der Waals surface area contributed by atoms with Crippen LogP contribution < -0.4 is 4.72 Å². The molecule has 0 spiro atoms. The van der Waals surface area contributed by atoms with E-state index in [4.69, 9.17) is 0 Å². The van der Waals surface area contributed by atoms with E-state index in [1.165, 1.54) is 30.8 Å². The van der Waals surface area contributed by atoms with Crippen LogP contribution in [0.4, 0.5) is 5.69 Å². The first-order valence-electron chi connectivity index (χ1n) is 9.69. The van der Waals surface area contributed by atoms with Crippen molar-refractivity contribution >= 4 is 21.3 Å². The first kappa shape index (κ1) is 18.5. The maximum Gasteiger partial charge on any atom is 0.0459 e. The van der Waals surface area contributed by atoms with Crippen LogP contribution in [0.2, 0.25) is 0 Å². The highest BCUT2D eigenvalue weighted by Crippen LogP contribution is 2.63. The van der Waals surface area contributed by atoms with Gasteiger partial charge in [-0.2, -0.15) is 0 Å². The van der Waals surface area contributed by atoms with Gasteiger partial charge in [-0.1, -0.05) is 25.1 Å². The number of aryl methyl sites for hydroxylation is 1.